The summed E-state index contributed by atoms with van der Waals surface area (Å²) >= 11 is 0. The van der Waals surface area contributed by atoms with Crippen molar-refractivity contribution in [2.75, 3.05) is 18.0 Å². The summed E-state index contributed by atoms with van der Waals surface area (Å²) in [5.41, 5.74) is 0.852. The zero-order valence-electron chi connectivity index (χ0n) is 10.5. The van der Waals surface area contributed by atoms with Crippen LogP contribution in [0.1, 0.15) is 29.8 Å². The van der Waals surface area contributed by atoms with Crippen LogP contribution in [0.5, 0.6) is 0 Å². The lowest BCUT2D eigenvalue weighted by Gasteiger charge is -2.36. The second kappa shape index (κ2) is 5.15. The number of anilines is 1. The molecule has 18 heavy (non-hydrogen) atoms. The van der Waals surface area contributed by atoms with Crippen molar-refractivity contribution in [3.63, 3.8) is 0 Å². The number of carbonyl (C=O) groups is 1. The van der Waals surface area contributed by atoms with Gasteiger partial charge in [-0.1, -0.05) is 0 Å². The van der Waals surface area contributed by atoms with Gasteiger partial charge in [-0.05, 0) is 19.9 Å². The van der Waals surface area contributed by atoms with E-state index in [1.807, 2.05) is 24.8 Å². The fourth-order valence-corrected chi connectivity index (χ4v) is 2.24. The average molecular weight is 245 g/mol. The van der Waals surface area contributed by atoms with Crippen LogP contribution in [0.2, 0.25) is 0 Å². The summed E-state index contributed by atoms with van der Waals surface area (Å²) in [6.45, 7) is 5.38. The largest absolute Gasteiger partial charge is 0.372 e. The maximum atomic E-state index is 11.1. The standard InChI is InChI=1S/C13H15N3O2/c1-9-6-16(7-10(2)18-9)13-12(8-17)3-11(4-14)5-15-13/h3,5,8-10H,6-7H2,1-2H3. The normalized spacial score (nSPS) is 23.5. The Hall–Kier alpha value is -1.93. The number of hydrogen-bond donors (Lipinski definition) is 0. The van der Waals surface area contributed by atoms with Gasteiger partial charge in [0.05, 0.1) is 23.3 Å². The molecular formula is C13H15N3O2. The smallest absolute Gasteiger partial charge is 0.153 e. The van der Waals surface area contributed by atoms with E-state index in [0.717, 1.165) is 6.29 Å². The van der Waals surface area contributed by atoms with Crippen LogP contribution in [0.3, 0.4) is 0 Å². The molecule has 1 aromatic heterocycles. The molecule has 5 heteroatoms. The molecule has 94 valence electrons. The third-order valence-electron chi connectivity index (χ3n) is 2.87. The Morgan fingerprint density at radius 1 is 1.50 bits per heavy atom. The predicted octanol–water partition coefficient (Wildman–Crippen LogP) is 1.38. The minimum absolute atomic E-state index is 0.102. The van der Waals surface area contributed by atoms with Crippen molar-refractivity contribution in [3.05, 3.63) is 23.4 Å². The van der Waals surface area contributed by atoms with Crippen molar-refractivity contribution in [1.29, 1.82) is 5.26 Å². The zero-order valence-corrected chi connectivity index (χ0v) is 10.5. The van der Waals surface area contributed by atoms with Crippen molar-refractivity contribution in [2.45, 2.75) is 26.1 Å². The summed E-state index contributed by atoms with van der Waals surface area (Å²) in [5, 5.41) is 8.80. The van der Waals surface area contributed by atoms with Crippen LogP contribution < -0.4 is 4.90 Å². The molecule has 2 rings (SSSR count). The van der Waals surface area contributed by atoms with Crippen LogP contribution in [-0.4, -0.2) is 36.6 Å². The highest BCUT2D eigenvalue weighted by atomic mass is 16.5. The highest BCUT2D eigenvalue weighted by molar-refractivity contribution is 5.83. The molecule has 0 bridgehead atoms. The Bertz CT molecular complexity index is 485. The highest BCUT2D eigenvalue weighted by Gasteiger charge is 2.24. The predicted molar refractivity (Wildman–Crippen MR) is 66.6 cm³/mol. The van der Waals surface area contributed by atoms with Gasteiger partial charge in [0, 0.05) is 19.3 Å². The van der Waals surface area contributed by atoms with Crippen LogP contribution in [0.25, 0.3) is 0 Å². The third-order valence-corrected chi connectivity index (χ3v) is 2.87. The van der Waals surface area contributed by atoms with Crippen LogP contribution in [-0.2, 0) is 4.74 Å². The second-order valence-electron chi connectivity index (χ2n) is 4.53. The minimum Gasteiger partial charge on any atom is -0.372 e. The minimum atomic E-state index is 0.102. The van der Waals surface area contributed by atoms with Gasteiger partial charge in [-0.3, -0.25) is 4.79 Å². The summed E-state index contributed by atoms with van der Waals surface area (Å²) in [7, 11) is 0. The van der Waals surface area contributed by atoms with Gasteiger partial charge in [0.1, 0.15) is 11.9 Å². The molecule has 2 unspecified atom stereocenters. The molecule has 0 radical (unpaired) electrons. The van der Waals surface area contributed by atoms with Crippen LogP contribution in [0, 0.1) is 11.3 Å². The molecule has 2 atom stereocenters. The Morgan fingerprint density at radius 2 is 2.17 bits per heavy atom. The molecule has 0 amide bonds. The van der Waals surface area contributed by atoms with E-state index < -0.39 is 0 Å². The average Bonchev–Trinajstić information content (AvgIpc) is 2.36. The van der Waals surface area contributed by atoms with Crippen molar-refractivity contribution in [2.24, 2.45) is 0 Å². The van der Waals surface area contributed by atoms with Gasteiger partial charge in [-0.2, -0.15) is 5.26 Å². The number of carbonyl (C=O) groups excluding carboxylic acids is 1. The molecule has 0 saturated carbocycles. The second-order valence-corrected chi connectivity index (χ2v) is 4.53. The molecule has 5 nitrogen and oxygen atoms in total. The summed E-state index contributed by atoms with van der Waals surface area (Å²) < 4.78 is 5.65. The van der Waals surface area contributed by atoms with E-state index in [9.17, 15) is 4.79 Å². The maximum absolute atomic E-state index is 11.1. The summed E-state index contributed by atoms with van der Waals surface area (Å²) in [4.78, 5) is 17.4. The van der Waals surface area contributed by atoms with Crippen LogP contribution in [0.4, 0.5) is 5.82 Å². The molecule has 1 aliphatic heterocycles. The zero-order chi connectivity index (χ0) is 13.1. The van der Waals surface area contributed by atoms with E-state index in [-0.39, 0.29) is 12.2 Å². The number of ether oxygens (including phenoxy) is 1. The monoisotopic (exact) mass is 245 g/mol. The maximum Gasteiger partial charge on any atom is 0.153 e. The Kier molecular flexibility index (Phi) is 3.58. The SMILES string of the molecule is CC1CN(c2ncc(C#N)cc2C=O)CC(C)O1. The fourth-order valence-electron chi connectivity index (χ4n) is 2.24. The fraction of sp³-hybridized carbons (Fsp3) is 0.462. The first-order valence-corrected chi connectivity index (χ1v) is 5.89. The highest BCUT2D eigenvalue weighted by Crippen LogP contribution is 2.21. The van der Waals surface area contributed by atoms with E-state index in [1.54, 1.807) is 6.07 Å². The lowest BCUT2D eigenvalue weighted by Crippen LogP contribution is -2.46. The molecular weight excluding hydrogens is 230 g/mol. The number of aldehydes is 1. The first-order valence-electron chi connectivity index (χ1n) is 5.89. The first-order chi connectivity index (χ1) is 8.63. The van der Waals surface area contributed by atoms with E-state index >= 15 is 0 Å². The number of nitriles is 1. The van der Waals surface area contributed by atoms with Crippen molar-refractivity contribution >= 4 is 12.1 Å². The summed E-state index contributed by atoms with van der Waals surface area (Å²) in [6, 6.07) is 3.55. The molecule has 0 aliphatic carbocycles. The molecule has 0 N–H and O–H groups in total. The molecule has 0 spiro atoms. The van der Waals surface area contributed by atoms with Crippen molar-refractivity contribution in [3.8, 4) is 6.07 Å². The number of pyridine rings is 1. The van der Waals surface area contributed by atoms with E-state index in [0.29, 0.717) is 30.0 Å². The first kappa shape index (κ1) is 12.5. The van der Waals surface area contributed by atoms with Gasteiger partial charge >= 0.3 is 0 Å². The molecule has 2 heterocycles. The number of nitrogens with zero attached hydrogens (tertiary/aromatic N) is 3. The topological polar surface area (TPSA) is 66.2 Å². The third kappa shape index (κ3) is 2.49. The van der Waals surface area contributed by atoms with Gasteiger partial charge in [0.15, 0.2) is 6.29 Å². The lowest BCUT2D eigenvalue weighted by molar-refractivity contribution is -0.00549. The van der Waals surface area contributed by atoms with Crippen LogP contribution >= 0.6 is 0 Å². The lowest BCUT2D eigenvalue weighted by atomic mass is 10.1. The number of hydrogen-bond acceptors (Lipinski definition) is 5. The summed E-state index contributed by atoms with van der Waals surface area (Å²) in [6.07, 6.45) is 2.44. The number of morpholine rings is 1. The van der Waals surface area contributed by atoms with Gasteiger partial charge in [-0.25, -0.2) is 4.98 Å². The van der Waals surface area contributed by atoms with Gasteiger partial charge in [0.2, 0.25) is 0 Å². The Balaban J connectivity index is 2.32. The Labute approximate surface area is 106 Å². The van der Waals surface area contributed by atoms with Gasteiger partial charge in [0.25, 0.3) is 0 Å². The van der Waals surface area contributed by atoms with Gasteiger partial charge < -0.3 is 9.64 Å². The van der Waals surface area contributed by atoms with Gasteiger partial charge in [-0.15, -0.1) is 0 Å². The Morgan fingerprint density at radius 3 is 2.72 bits per heavy atom. The van der Waals surface area contributed by atoms with E-state index in [1.165, 1.54) is 6.20 Å². The molecule has 1 aromatic rings. The van der Waals surface area contributed by atoms with Crippen LogP contribution in [0.15, 0.2) is 12.3 Å². The molecule has 0 aromatic carbocycles. The van der Waals surface area contributed by atoms with E-state index in [4.69, 9.17) is 10.00 Å². The van der Waals surface area contributed by atoms with Crippen molar-refractivity contribution in [1.82, 2.24) is 4.98 Å². The number of rotatable bonds is 2. The quantitative estimate of drug-likeness (QED) is 0.736. The van der Waals surface area contributed by atoms with Crippen molar-refractivity contribution < 1.29 is 9.53 Å². The number of aromatic nitrogens is 1. The molecule has 1 fully saturated rings. The summed E-state index contributed by atoms with van der Waals surface area (Å²) in [5.74, 6) is 0.631. The van der Waals surface area contributed by atoms with E-state index in [2.05, 4.69) is 4.98 Å². The molecule has 1 aliphatic rings. The molecule has 1 saturated heterocycles.